The van der Waals surface area contributed by atoms with E-state index in [1.807, 2.05) is 36.5 Å². The van der Waals surface area contributed by atoms with E-state index in [1.165, 1.54) is 5.56 Å². The molecule has 0 radical (unpaired) electrons. The first-order valence-electron chi connectivity index (χ1n) is 36.8. The lowest BCUT2D eigenvalue weighted by Crippen LogP contribution is -2.27. The molecule has 0 saturated carbocycles. The van der Waals surface area contributed by atoms with E-state index in [1.54, 1.807) is 18.2 Å². The van der Waals surface area contributed by atoms with Gasteiger partial charge in [0.05, 0.1) is 197 Å². The van der Waals surface area contributed by atoms with E-state index in [0.717, 1.165) is 62.7 Å². The van der Waals surface area contributed by atoms with E-state index in [4.69, 9.17) is 92.0 Å². The van der Waals surface area contributed by atoms with E-state index in [-0.39, 0.29) is 24.1 Å². The van der Waals surface area contributed by atoms with Crippen LogP contribution in [-0.2, 0) is 100 Å². The van der Waals surface area contributed by atoms with Crippen LogP contribution in [0.25, 0.3) is 21.8 Å². The molecule has 0 aliphatic carbocycles. The Balaban J connectivity index is 0.573. The first-order chi connectivity index (χ1) is 52.1. The molecule has 106 heavy (non-hydrogen) atoms. The van der Waals surface area contributed by atoms with Crippen LogP contribution in [0.5, 0.6) is 11.5 Å². The average Bonchev–Trinajstić information content (AvgIpc) is 0.771. The van der Waals surface area contributed by atoms with Gasteiger partial charge in [-0.15, -0.1) is 0 Å². The maximum atomic E-state index is 12.8. The van der Waals surface area contributed by atoms with E-state index < -0.39 is 0 Å². The molecule has 0 fully saturated rings. The van der Waals surface area contributed by atoms with Gasteiger partial charge in [0.1, 0.15) is 23.6 Å². The van der Waals surface area contributed by atoms with Gasteiger partial charge in [-0.1, -0.05) is 30.3 Å². The van der Waals surface area contributed by atoms with Gasteiger partial charge in [0.15, 0.2) is 12.1 Å². The van der Waals surface area contributed by atoms with E-state index in [0.29, 0.717) is 291 Å². The van der Waals surface area contributed by atoms with Gasteiger partial charge < -0.3 is 108 Å². The predicted molar refractivity (Wildman–Crippen MR) is 401 cm³/mol. The molecule has 6 aromatic rings. The zero-order valence-electron chi connectivity index (χ0n) is 62.1. The molecule has 0 aliphatic rings. The molecule has 586 valence electrons. The standard InChI is InChI=1S/C78H113N7O21/c1-61-7-18-70-71-56-64(58-84-76(71)77(80)85-73(70)54-61)10-11-65-14-16-68(55-62(65)2)106-60-63-8-12-66(13-9-63)78(89)83-21-5-24-91-29-33-94-32-28-90-23-4-20-81-75(88)19-26-92-30-34-95-36-38-97-40-42-99-44-46-101-48-50-103-52-53-104-51-49-102-47-45-100-43-41-98-39-37-96-35-31-93-27-22-82-74(87)6-3-25-105-69-17-15-67(59-86)72(79)57-69/h7-9,12-18,54-59H,3-6,10-11,19-53,60,79H2,1-2H3,(H2,80,85)(H,81,88)(H,82,87)(H,83,89). The second kappa shape index (κ2) is 56.6. The quantitative estimate of drug-likeness (QED) is 0.0111. The summed E-state index contributed by atoms with van der Waals surface area (Å²) in [6.45, 7) is 19.6. The predicted octanol–water partition coefficient (Wildman–Crippen LogP) is 6.98. The minimum atomic E-state index is -0.138. The summed E-state index contributed by atoms with van der Waals surface area (Å²) in [6.07, 6.45) is 6.78. The number of amides is 3. The number of anilines is 2. The summed E-state index contributed by atoms with van der Waals surface area (Å²) in [5, 5.41) is 10.7. The van der Waals surface area contributed by atoms with Crippen LogP contribution in [0.3, 0.4) is 0 Å². The number of carbonyl (C=O) groups excluding carboxylic acids is 4. The molecule has 6 rings (SSSR count). The highest BCUT2D eigenvalue weighted by atomic mass is 16.6. The number of benzene rings is 4. The minimum absolute atomic E-state index is 0.0788. The summed E-state index contributed by atoms with van der Waals surface area (Å²) in [4.78, 5) is 57.0. The van der Waals surface area contributed by atoms with Crippen LogP contribution in [0.2, 0.25) is 0 Å². The third-order valence-electron chi connectivity index (χ3n) is 15.9. The number of aromatic nitrogens is 2. The van der Waals surface area contributed by atoms with Crippen molar-refractivity contribution in [1.82, 2.24) is 25.9 Å². The number of nitrogen functional groups attached to an aromatic ring is 2. The van der Waals surface area contributed by atoms with Gasteiger partial charge in [0.2, 0.25) is 11.8 Å². The van der Waals surface area contributed by atoms with Crippen molar-refractivity contribution < 1.29 is 99.7 Å². The summed E-state index contributed by atoms with van der Waals surface area (Å²) in [5.41, 5.74) is 20.7. The number of nitrogens with zero attached hydrogens (tertiary/aromatic N) is 2. The SMILES string of the molecule is Cc1ccc2c(c1)nc(N)c1ncc(CCc3ccc(OCc4ccc(C(=O)NCCCOCCOCCOCCCNC(=O)CCOCCOCCOCCOCCOCCOCCOCCOCCOCCOCCOCCOCCNC(=O)CCCOc5ccc(C=O)c(N)c5)cc4)cc3C)cc12. The van der Waals surface area contributed by atoms with Gasteiger partial charge in [-0.25, -0.2) is 4.98 Å². The lowest BCUT2D eigenvalue weighted by molar-refractivity contribution is -0.122. The number of hydrogen-bond acceptors (Lipinski definition) is 25. The van der Waals surface area contributed by atoms with Gasteiger partial charge in [-0.3, -0.25) is 24.2 Å². The van der Waals surface area contributed by atoms with Crippen molar-refractivity contribution in [2.45, 2.75) is 65.4 Å². The zero-order valence-corrected chi connectivity index (χ0v) is 62.1. The number of aldehydes is 1. The summed E-state index contributed by atoms with van der Waals surface area (Å²) < 4.78 is 94.8. The fourth-order valence-electron chi connectivity index (χ4n) is 10.2. The molecule has 4 aromatic carbocycles. The minimum Gasteiger partial charge on any atom is -0.494 e. The highest BCUT2D eigenvalue weighted by Gasteiger charge is 2.13. The number of carbonyl (C=O) groups is 4. The van der Waals surface area contributed by atoms with E-state index in [9.17, 15) is 19.2 Å². The third kappa shape index (κ3) is 39.3. The van der Waals surface area contributed by atoms with Crippen LogP contribution in [0.4, 0.5) is 11.5 Å². The Bertz CT molecular complexity index is 3370. The smallest absolute Gasteiger partial charge is 0.251 e. The molecule has 2 heterocycles. The Morgan fingerprint density at radius 3 is 1.41 bits per heavy atom. The van der Waals surface area contributed by atoms with Crippen molar-refractivity contribution >= 4 is 57.3 Å². The first-order valence-corrected chi connectivity index (χ1v) is 36.8. The van der Waals surface area contributed by atoms with Crippen molar-refractivity contribution in [2.24, 2.45) is 0 Å². The largest absolute Gasteiger partial charge is 0.494 e. The maximum Gasteiger partial charge on any atom is 0.251 e. The van der Waals surface area contributed by atoms with Crippen LogP contribution < -0.4 is 36.9 Å². The Morgan fingerprint density at radius 1 is 0.415 bits per heavy atom. The fraction of sp³-hybridized carbons (Fsp3) is 0.564. The molecule has 7 N–H and O–H groups in total. The zero-order chi connectivity index (χ0) is 75.0. The first kappa shape index (κ1) is 87.3. The van der Waals surface area contributed by atoms with Crippen molar-refractivity contribution in [3.05, 3.63) is 130 Å². The number of aryl methyl sites for hydroxylation is 4. The Hall–Kier alpha value is -7.62. The molecule has 0 saturated heterocycles. The number of nitrogens with two attached hydrogens (primary N) is 2. The Labute approximate surface area is 623 Å². The van der Waals surface area contributed by atoms with E-state index in [2.05, 4.69) is 76.2 Å². The molecule has 2 aromatic heterocycles. The van der Waals surface area contributed by atoms with Gasteiger partial charge in [-0.05, 0) is 122 Å². The van der Waals surface area contributed by atoms with Crippen LogP contribution in [0.1, 0.15) is 80.6 Å². The molecule has 0 aliphatic heterocycles. The lowest BCUT2D eigenvalue weighted by atomic mass is 9.99. The second-order valence-electron chi connectivity index (χ2n) is 24.3. The summed E-state index contributed by atoms with van der Waals surface area (Å²) >= 11 is 0. The molecule has 0 bridgehead atoms. The van der Waals surface area contributed by atoms with Gasteiger partial charge in [-0.2, -0.15) is 0 Å². The Kier molecular flexibility index (Phi) is 46.6. The van der Waals surface area contributed by atoms with Crippen LogP contribution in [0, 0.1) is 13.8 Å². The average molecular weight is 1480 g/mol. The van der Waals surface area contributed by atoms with Crippen LogP contribution >= 0.6 is 0 Å². The van der Waals surface area contributed by atoms with Crippen molar-refractivity contribution in [2.75, 3.05) is 236 Å². The molecule has 28 heteroatoms. The molecule has 0 unspecified atom stereocenters. The number of fused-ring (bicyclic) bond motifs is 3. The molecule has 0 atom stereocenters. The van der Waals surface area contributed by atoms with Crippen molar-refractivity contribution in [3.8, 4) is 11.5 Å². The van der Waals surface area contributed by atoms with Crippen molar-refractivity contribution in [1.29, 1.82) is 0 Å². The van der Waals surface area contributed by atoms with Gasteiger partial charge in [0, 0.05) is 85.5 Å². The van der Waals surface area contributed by atoms with Crippen LogP contribution in [-0.4, -0.2) is 258 Å². The van der Waals surface area contributed by atoms with E-state index >= 15 is 0 Å². The number of hydrogen-bond donors (Lipinski definition) is 5. The third-order valence-corrected chi connectivity index (χ3v) is 15.9. The topological polar surface area (TPSA) is 339 Å². The summed E-state index contributed by atoms with van der Waals surface area (Å²) in [6, 6.07) is 26.9. The number of pyridine rings is 2. The number of rotatable bonds is 66. The fourth-order valence-corrected chi connectivity index (χ4v) is 10.2. The molecule has 3 amide bonds. The highest BCUT2D eigenvalue weighted by Crippen LogP contribution is 2.29. The van der Waals surface area contributed by atoms with Crippen LogP contribution in [0.15, 0.2) is 91.1 Å². The number of nitrogens with one attached hydrogen (secondary N) is 3. The summed E-state index contributed by atoms with van der Waals surface area (Å²) in [7, 11) is 0. The molecular weight excluding hydrogens is 1370 g/mol. The number of ether oxygens (including phenoxy) is 17. The van der Waals surface area contributed by atoms with Gasteiger partial charge >= 0.3 is 0 Å². The summed E-state index contributed by atoms with van der Waals surface area (Å²) in [5.74, 6) is 1.49. The molecular formula is C78H113N7O21. The lowest BCUT2D eigenvalue weighted by Gasteiger charge is -2.12. The Morgan fingerprint density at radius 2 is 0.887 bits per heavy atom. The second-order valence-corrected chi connectivity index (χ2v) is 24.3. The highest BCUT2D eigenvalue weighted by molar-refractivity contribution is 6.08. The normalized spacial score (nSPS) is 11.4. The van der Waals surface area contributed by atoms with Crippen molar-refractivity contribution in [3.63, 3.8) is 0 Å². The molecule has 28 nitrogen and oxygen atoms in total. The molecule has 0 spiro atoms. The van der Waals surface area contributed by atoms with Gasteiger partial charge in [0.25, 0.3) is 5.91 Å². The maximum absolute atomic E-state index is 12.8. The monoisotopic (exact) mass is 1480 g/mol.